The van der Waals surface area contributed by atoms with Crippen molar-refractivity contribution in [2.24, 2.45) is 0 Å². The highest BCUT2D eigenvalue weighted by atomic mass is 19.4. The Morgan fingerprint density at radius 3 is 2.50 bits per heavy atom. The van der Waals surface area contributed by atoms with Crippen molar-refractivity contribution >= 4 is 17.3 Å². The maximum absolute atomic E-state index is 12.7. The number of aromatic nitrogens is 2. The van der Waals surface area contributed by atoms with Gasteiger partial charge in [0.15, 0.2) is 5.69 Å². The molecule has 24 heavy (non-hydrogen) atoms. The summed E-state index contributed by atoms with van der Waals surface area (Å²) in [6.45, 7) is 0. The van der Waals surface area contributed by atoms with Crippen molar-refractivity contribution in [1.29, 1.82) is 0 Å². The number of nitrogens with one attached hydrogen (secondary N) is 2. The second-order valence-corrected chi connectivity index (χ2v) is 4.75. The van der Waals surface area contributed by atoms with Crippen LogP contribution in [-0.2, 0) is 6.18 Å². The topological polar surface area (TPSA) is 113 Å². The van der Waals surface area contributed by atoms with Crippen LogP contribution in [0.25, 0.3) is 0 Å². The van der Waals surface area contributed by atoms with Crippen molar-refractivity contribution < 1.29 is 18.0 Å². The fourth-order valence-electron chi connectivity index (χ4n) is 1.75. The number of halogens is 3. The van der Waals surface area contributed by atoms with Crippen LogP contribution < -0.4 is 15.7 Å². The summed E-state index contributed by atoms with van der Waals surface area (Å²) in [6, 6.07) is 1.98. The summed E-state index contributed by atoms with van der Waals surface area (Å²) in [6.07, 6.45) is -0.949. The number of alkyl halides is 3. The van der Waals surface area contributed by atoms with Gasteiger partial charge in [-0.15, -0.1) is 0 Å². The lowest BCUT2D eigenvalue weighted by atomic mass is 10.1. The van der Waals surface area contributed by atoms with E-state index in [1.165, 1.54) is 12.4 Å². The maximum Gasteiger partial charge on any atom is 0.416 e. The molecule has 0 aliphatic carbocycles. The van der Waals surface area contributed by atoms with Crippen LogP contribution in [-0.4, -0.2) is 22.9 Å². The number of hydrogen-bond acceptors (Lipinski definition) is 6. The Morgan fingerprint density at radius 2 is 1.96 bits per heavy atom. The van der Waals surface area contributed by atoms with E-state index in [1.54, 1.807) is 0 Å². The van der Waals surface area contributed by atoms with Crippen LogP contribution in [0.4, 0.5) is 24.5 Å². The number of carbonyl (C=O) groups excluding carboxylic acids is 1. The number of quaternary nitrogens is 1. The van der Waals surface area contributed by atoms with Gasteiger partial charge in [0.25, 0.3) is 5.91 Å². The van der Waals surface area contributed by atoms with Gasteiger partial charge in [-0.2, -0.15) is 13.2 Å². The van der Waals surface area contributed by atoms with E-state index in [1.807, 2.05) is 0 Å². The van der Waals surface area contributed by atoms with Crippen molar-refractivity contribution in [3.05, 3.63) is 58.5 Å². The minimum atomic E-state index is -4.72. The molecule has 128 valence electrons. The molecule has 0 spiro atoms. The highest BCUT2D eigenvalue weighted by Crippen LogP contribution is 2.36. The van der Waals surface area contributed by atoms with Crippen LogP contribution in [0.1, 0.15) is 16.1 Å². The molecule has 0 bridgehead atoms. The Morgan fingerprint density at radius 1 is 1.25 bits per heavy atom. The number of hydrogen-bond donors (Lipinski definition) is 2. The van der Waals surface area contributed by atoms with E-state index in [0.29, 0.717) is 19.2 Å². The number of carbonyl (C=O) groups is 1. The highest BCUT2D eigenvalue weighted by Gasteiger charge is 2.32. The number of hydroxylamine groups is 2. The molecule has 2 rings (SSSR count). The summed E-state index contributed by atoms with van der Waals surface area (Å²) < 4.78 is 38.1. The quantitative estimate of drug-likeness (QED) is 0.650. The van der Waals surface area contributed by atoms with E-state index in [0.717, 1.165) is 12.3 Å². The third kappa shape index (κ3) is 4.16. The van der Waals surface area contributed by atoms with E-state index in [4.69, 9.17) is 0 Å². The molecule has 0 radical (unpaired) electrons. The average molecular weight is 342 g/mol. The molecule has 0 unspecified atom stereocenters. The van der Waals surface area contributed by atoms with Crippen molar-refractivity contribution in [2.75, 3.05) is 12.5 Å². The first-order valence-corrected chi connectivity index (χ1v) is 6.42. The molecule has 1 heterocycles. The number of anilines is 1. The van der Waals surface area contributed by atoms with Crippen LogP contribution in [0.5, 0.6) is 0 Å². The molecule has 0 aliphatic heterocycles. The molecule has 1 amide bonds. The van der Waals surface area contributed by atoms with Gasteiger partial charge in [0.1, 0.15) is 11.4 Å². The lowest BCUT2D eigenvalue weighted by Crippen LogP contribution is -2.35. The van der Waals surface area contributed by atoms with E-state index in [2.05, 4.69) is 20.8 Å². The lowest BCUT2D eigenvalue weighted by molar-refractivity contribution is -0.137. The third-order valence-corrected chi connectivity index (χ3v) is 2.87. The predicted octanol–water partition coefficient (Wildman–Crippen LogP) is 2.18. The molecular weight excluding hydrogens is 331 g/mol. The second kappa shape index (κ2) is 6.39. The molecule has 0 fully saturated rings. The van der Waals surface area contributed by atoms with Crippen LogP contribution in [0.15, 0.2) is 36.8 Å². The molecule has 1 aromatic carbocycles. The Hall–Kier alpha value is -2.76. The van der Waals surface area contributed by atoms with Gasteiger partial charge in [-0.05, 0) is 12.1 Å². The number of nitrogens with zero attached hydrogens (tertiary/aromatic N) is 3. The minimum Gasteiger partial charge on any atom is -0.626 e. The van der Waals surface area contributed by atoms with Gasteiger partial charge in [-0.25, -0.2) is 4.98 Å². The molecule has 0 saturated heterocycles. The summed E-state index contributed by atoms with van der Waals surface area (Å²) in [7, 11) is 0.616. The minimum absolute atomic E-state index is 0.0695. The Labute approximate surface area is 133 Å². The molecule has 8 nitrogen and oxygen atoms in total. The van der Waals surface area contributed by atoms with Crippen LogP contribution in [0, 0.1) is 10.4 Å². The van der Waals surface area contributed by atoms with Crippen LogP contribution in [0.3, 0.4) is 0 Å². The Kier molecular flexibility index (Phi) is 4.68. The molecule has 0 atom stereocenters. The second-order valence-electron chi connectivity index (χ2n) is 4.75. The number of amides is 1. The van der Waals surface area contributed by atoms with Gasteiger partial charge in [0.05, 0.1) is 18.8 Å². The van der Waals surface area contributed by atoms with Crippen molar-refractivity contribution in [2.45, 2.75) is 6.18 Å². The van der Waals surface area contributed by atoms with Crippen molar-refractivity contribution in [1.82, 2.24) is 20.2 Å². The van der Waals surface area contributed by atoms with Crippen molar-refractivity contribution in [3.8, 4) is 0 Å². The fourth-order valence-corrected chi connectivity index (χ4v) is 1.75. The van der Waals surface area contributed by atoms with Crippen LogP contribution >= 0.6 is 0 Å². The SMILES string of the molecule is C[N+]([O-])([O-])c1cc(C(F)(F)F)ccc1NNC(=O)c1cnccn1. The van der Waals surface area contributed by atoms with Gasteiger partial charge < -0.3 is 15.2 Å². The molecule has 0 saturated carbocycles. The average Bonchev–Trinajstić information content (AvgIpc) is 2.51. The largest absolute Gasteiger partial charge is 0.626 e. The monoisotopic (exact) mass is 342 g/mol. The summed E-state index contributed by atoms with van der Waals surface area (Å²) in [4.78, 5) is 16.8. The first-order valence-electron chi connectivity index (χ1n) is 6.42. The molecule has 2 aromatic rings. The van der Waals surface area contributed by atoms with Gasteiger partial charge >= 0.3 is 6.18 Å². The first-order chi connectivity index (χ1) is 11.1. The normalized spacial score (nSPS) is 11.9. The lowest BCUT2D eigenvalue weighted by Gasteiger charge is -2.43. The molecule has 11 heteroatoms. The van der Waals surface area contributed by atoms with Gasteiger partial charge in [-0.1, -0.05) is 0 Å². The zero-order valence-electron chi connectivity index (χ0n) is 12.2. The summed E-state index contributed by atoms with van der Waals surface area (Å²) >= 11 is 0. The Balaban J connectivity index is 2.25. The molecule has 0 aliphatic rings. The molecule has 2 N–H and O–H groups in total. The first kappa shape index (κ1) is 17.6. The summed E-state index contributed by atoms with van der Waals surface area (Å²) in [5, 5.41) is 23.1. The molecule has 1 aromatic heterocycles. The number of rotatable bonds is 4. The summed E-state index contributed by atoms with van der Waals surface area (Å²) in [5.74, 6) is -0.750. The fraction of sp³-hybridized carbons (Fsp3) is 0.154. The highest BCUT2D eigenvalue weighted by molar-refractivity contribution is 5.93. The standard InChI is InChI=1S/C13H11F3N5O3/c1-21(23,24)11-6-8(13(14,15)16)2-3-9(11)19-20-12(22)10-7-17-4-5-18-10/h2-7,19H,1H3,(H,20,22)/q-1. The third-order valence-electron chi connectivity index (χ3n) is 2.87. The molecular formula is C13H11F3N5O3-. The maximum atomic E-state index is 12.7. The number of benzene rings is 1. The van der Waals surface area contributed by atoms with E-state index >= 15 is 0 Å². The summed E-state index contributed by atoms with van der Waals surface area (Å²) in [5.41, 5.74) is 2.13. The zero-order valence-corrected chi connectivity index (χ0v) is 12.2. The van der Waals surface area contributed by atoms with E-state index < -0.39 is 28.1 Å². The van der Waals surface area contributed by atoms with Gasteiger partial charge in [0, 0.05) is 18.5 Å². The van der Waals surface area contributed by atoms with Crippen LogP contribution in [0.2, 0.25) is 0 Å². The Bertz CT molecular complexity index is 732. The van der Waals surface area contributed by atoms with E-state index in [9.17, 15) is 28.4 Å². The van der Waals surface area contributed by atoms with Crippen molar-refractivity contribution in [3.63, 3.8) is 0 Å². The zero-order chi connectivity index (χ0) is 18.0. The predicted molar refractivity (Wildman–Crippen MR) is 79.0 cm³/mol. The van der Waals surface area contributed by atoms with Gasteiger partial charge in [0.2, 0.25) is 0 Å². The van der Waals surface area contributed by atoms with E-state index in [-0.39, 0.29) is 11.4 Å². The van der Waals surface area contributed by atoms with Gasteiger partial charge in [-0.3, -0.25) is 20.6 Å². The number of hydrazine groups is 1. The smallest absolute Gasteiger partial charge is 0.416 e.